The third kappa shape index (κ3) is 3.69. The molecular weight excluding hydrogens is 448 g/mol. The van der Waals surface area contributed by atoms with Crippen LogP contribution in [0, 0.1) is 6.92 Å². The van der Waals surface area contributed by atoms with Gasteiger partial charge in [-0.1, -0.05) is 12.1 Å². The van der Waals surface area contributed by atoms with Crippen LogP contribution in [0.4, 0.5) is 5.82 Å². The maximum Gasteiger partial charge on any atom is 0.289 e. The van der Waals surface area contributed by atoms with Crippen molar-refractivity contribution >= 4 is 44.9 Å². The number of carbonyl (C=O) groups excluding carboxylic acids is 1. The van der Waals surface area contributed by atoms with Crippen LogP contribution < -0.4 is 9.64 Å². The number of rotatable bonds is 4. The first-order chi connectivity index (χ1) is 15.5. The fourth-order valence-electron chi connectivity index (χ4n) is 4.08. The Bertz CT molecular complexity index is 1260. The first-order valence-electron chi connectivity index (χ1n) is 10.2. The van der Waals surface area contributed by atoms with Crippen molar-refractivity contribution in [1.29, 1.82) is 0 Å². The molecule has 0 N–H and O–H groups in total. The summed E-state index contributed by atoms with van der Waals surface area (Å²) in [4.78, 5) is 27.7. The highest BCUT2D eigenvalue weighted by Crippen LogP contribution is 2.42. The molecule has 164 valence electrons. The standard InChI is InChI=1S/C23H21ClN4O3S/c1-14-18(15-5-7-16(30-2)8-6-15)19-20(25-23(24)26-21(19)32-14)27-9-11-28(12-10-27)22(29)17-4-3-13-31-17/h3-8,13H,9-12H2,1-2H3. The molecule has 1 aromatic carbocycles. The number of thiophene rings is 1. The van der Waals surface area contributed by atoms with E-state index in [1.807, 2.05) is 24.3 Å². The Kier molecular flexibility index (Phi) is 5.48. The average molecular weight is 469 g/mol. The molecular formula is C23H21ClN4O3S. The van der Waals surface area contributed by atoms with Gasteiger partial charge in [-0.3, -0.25) is 4.79 Å². The van der Waals surface area contributed by atoms with Crippen molar-refractivity contribution in [2.75, 3.05) is 38.2 Å². The normalized spacial score (nSPS) is 14.2. The van der Waals surface area contributed by atoms with E-state index >= 15 is 0 Å². The number of benzene rings is 1. The molecule has 5 rings (SSSR count). The molecule has 1 aliphatic heterocycles. The Labute approximate surface area is 194 Å². The van der Waals surface area contributed by atoms with Gasteiger partial charge in [0.05, 0.1) is 18.8 Å². The zero-order chi connectivity index (χ0) is 22.2. The van der Waals surface area contributed by atoms with Crippen LogP contribution in [0.5, 0.6) is 5.75 Å². The Morgan fingerprint density at radius 3 is 2.53 bits per heavy atom. The quantitative estimate of drug-likeness (QED) is 0.397. The van der Waals surface area contributed by atoms with Crippen LogP contribution in [0.3, 0.4) is 0 Å². The Morgan fingerprint density at radius 1 is 1.12 bits per heavy atom. The lowest BCUT2D eigenvalue weighted by Gasteiger charge is -2.35. The number of carbonyl (C=O) groups is 1. The molecule has 32 heavy (non-hydrogen) atoms. The second kappa shape index (κ2) is 8.44. The largest absolute Gasteiger partial charge is 0.497 e. The number of halogens is 1. The summed E-state index contributed by atoms with van der Waals surface area (Å²) in [6.07, 6.45) is 1.52. The number of ether oxygens (including phenoxy) is 1. The Balaban J connectivity index is 1.49. The molecule has 0 bridgehead atoms. The number of hydrogen-bond acceptors (Lipinski definition) is 7. The van der Waals surface area contributed by atoms with Crippen molar-refractivity contribution in [2.45, 2.75) is 6.92 Å². The predicted molar refractivity (Wildman–Crippen MR) is 126 cm³/mol. The van der Waals surface area contributed by atoms with Crippen LogP contribution in [0.2, 0.25) is 5.28 Å². The van der Waals surface area contributed by atoms with Gasteiger partial charge in [0.2, 0.25) is 5.28 Å². The summed E-state index contributed by atoms with van der Waals surface area (Å²) >= 11 is 7.91. The van der Waals surface area contributed by atoms with E-state index in [1.165, 1.54) is 6.26 Å². The molecule has 0 saturated carbocycles. The Morgan fingerprint density at radius 2 is 1.88 bits per heavy atom. The fraction of sp³-hybridized carbons (Fsp3) is 0.261. The minimum absolute atomic E-state index is 0.0918. The number of furan rings is 1. The fourth-order valence-corrected chi connectivity index (χ4v) is 5.33. The van der Waals surface area contributed by atoms with Crippen LogP contribution in [0.1, 0.15) is 15.4 Å². The number of piperazine rings is 1. The van der Waals surface area contributed by atoms with Crippen LogP contribution in [-0.4, -0.2) is 54.1 Å². The van der Waals surface area contributed by atoms with E-state index in [9.17, 15) is 4.79 Å². The number of fused-ring (bicyclic) bond motifs is 1. The SMILES string of the molecule is COc1ccc(-c2c(C)sc3nc(Cl)nc(N4CCN(C(=O)c5ccco5)CC4)c23)cc1. The van der Waals surface area contributed by atoms with Crippen molar-refractivity contribution in [1.82, 2.24) is 14.9 Å². The maximum absolute atomic E-state index is 12.6. The zero-order valence-corrected chi connectivity index (χ0v) is 19.2. The van der Waals surface area contributed by atoms with Gasteiger partial charge in [-0.05, 0) is 48.4 Å². The predicted octanol–water partition coefficient (Wildman–Crippen LogP) is 4.88. The highest BCUT2D eigenvalue weighted by atomic mass is 35.5. The van der Waals surface area contributed by atoms with E-state index in [0.29, 0.717) is 31.9 Å². The molecule has 7 nitrogen and oxygen atoms in total. The topological polar surface area (TPSA) is 71.7 Å². The number of amides is 1. The van der Waals surface area contributed by atoms with Gasteiger partial charge in [0.15, 0.2) is 5.76 Å². The highest BCUT2D eigenvalue weighted by Gasteiger charge is 2.27. The molecule has 9 heteroatoms. The smallest absolute Gasteiger partial charge is 0.289 e. The summed E-state index contributed by atoms with van der Waals surface area (Å²) in [6, 6.07) is 11.4. The number of hydrogen-bond donors (Lipinski definition) is 0. The minimum Gasteiger partial charge on any atom is -0.497 e. The molecule has 1 fully saturated rings. The van der Waals surface area contributed by atoms with Gasteiger partial charge in [-0.25, -0.2) is 4.98 Å². The van der Waals surface area contributed by atoms with Crippen molar-refractivity contribution in [3.05, 3.63) is 58.6 Å². The lowest BCUT2D eigenvalue weighted by Crippen LogP contribution is -2.49. The molecule has 4 heterocycles. The molecule has 0 radical (unpaired) electrons. The lowest BCUT2D eigenvalue weighted by atomic mass is 10.0. The van der Waals surface area contributed by atoms with Gasteiger partial charge in [-0.2, -0.15) is 4.98 Å². The van der Waals surface area contributed by atoms with E-state index < -0.39 is 0 Å². The molecule has 0 aliphatic carbocycles. The minimum atomic E-state index is -0.0918. The average Bonchev–Trinajstić information content (AvgIpc) is 3.46. The third-order valence-corrected chi connectivity index (χ3v) is 6.83. The van der Waals surface area contributed by atoms with E-state index in [-0.39, 0.29) is 11.2 Å². The third-order valence-electron chi connectivity index (χ3n) is 5.66. The second-order valence-electron chi connectivity index (χ2n) is 7.51. The second-order valence-corrected chi connectivity index (χ2v) is 9.06. The number of nitrogens with zero attached hydrogens (tertiary/aromatic N) is 4. The highest BCUT2D eigenvalue weighted by molar-refractivity contribution is 7.19. The van der Waals surface area contributed by atoms with Crippen molar-refractivity contribution in [2.24, 2.45) is 0 Å². The summed E-state index contributed by atoms with van der Waals surface area (Å²) in [5.41, 5.74) is 2.18. The van der Waals surface area contributed by atoms with Crippen molar-refractivity contribution < 1.29 is 13.9 Å². The lowest BCUT2D eigenvalue weighted by molar-refractivity contribution is 0.0714. The van der Waals surface area contributed by atoms with E-state index in [2.05, 4.69) is 21.8 Å². The van der Waals surface area contributed by atoms with E-state index in [4.69, 9.17) is 20.8 Å². The summed E-state index contributed by atoms with van der Waals surface area (Å²) in [5, 5.41) is 1.22. The summed E-state index contributed by atoms with van der Waals surface area (Å²) in [7, 11) is 1.66. The molecule has 1 aliphatic rings. The van der Waals surface area contributed by atoms with Gasteiger partial charge in [-0.15, -0.1) is 11.3 Å². The molecule has 3 aromatic heterocycles. The van der Waals surface area contributed by atoms with Gasteiger partial charge in [0.25, 0.3) is 5.91 Å². The van der Waals surface area contributed by atoms with E-state index in [0.717, 1.165) is 37.8 Å². The van der Waals surface area contributed by atoms with Crippen LogP contribution >= 0.6 is 22.9 Å². The monoisotopic (exact) mass is 468 g/mol. The first-order valence-corrected chi connectivity index (χ1v) is 11.4. The van der Waals surface area contributed by atoms with Gasteiger partial charge < -0.3 is 19.0 Å². The molecule has 0 spiro atoms. The molecule has 1 saturated heterocycles. The summed E-state index contributed by atoms with van der Waals surface area (Å²) in [5.74, 6) is 1.88. The Hall–Kier alpha value is -3.10. The van der Waals surface area contributed by atoms with E-state index in [1.54, 1.807) is 35.5 Å². The number of methoxy groups -OCH3 is 1. The molecule has 0 unspecified atom stereocenters. The van der Waals surface area contributed by atoms with Crippen LogP contribution in [0.25, 0.3) is 21.3 Å². The molecule has 4 aromatic rings. The first kappa shape index (κ1) is 20.8. The zero-order valence-electron chi connectivity index (χ0n) is 17.7. The van der Waals surface area contributed by atoms with Crippen molar-refractivity contribution in [3.8, 4) is 16.9 Å². The maximum atomic E-state index is 12.6. The summed E-state index contributed by atoms with van der Waals surface area (Å²) in [6.45, 7) is 4.52. The molecule has 0 atom stereocenters. The van der Waals surface area contributed by atoms with Gasteiger partial charge >= 0.3 is 0 Å². The van der Waals surface area contributed by atoms with Gasteiger partial charge in [0.1, 0.15) is 16.4 Å². The van der Waals surface area contributed by atoms with Crippen LogP contribution in [0.15, 0.2) is 47.1 Å². The molecule has 1 amide bonds. The summed E-state index contributed by atoms with van der Waals surface area (Å²) < 4.78 is 10.6. The van der Waals surface area contributed by atoms with Gasteiger partial charge in [0, 0.05) is 36.6 Å². The number of anilines is 1. The number of aromatic nitrogens is 2. The van der Waals surface area contributed by atoms with Crippen molar-refractivity contribution in [3.63, 3.8) is 0 Å². The van der Waals surface area contributed by atoms with Crippen LogP contribution in [-0.2, 0) is 0 Å². The number of aryl methyl sites for hydroxylation is 1.